The molecule has 2 unspecified atom stereocenters. The fourth-order valence-electron chi connectivity index (χ4n) is 4.63. The quantitative estimate of drug-likeness (QED) is 0.381. The summed E-state index contributed by atoms with van der Waals surface area (Å²) in [4.78, 5) is 29.9. The monoisotopic (exact) mass is 450 g/mol. The van der Waals surface area contributed by atoms with E-state index >= 15 is 0 Å². The number of aliphatic hydroxyl groups excluding tert-OH is 1. The van der Waals surface area contributed by atoms with E-state index in [9.17, 15) is 19.8 Å². The number of phenolic OH excluding ortho intramolecular Hbond substituents is 1. The molecule has 0 bridgehead atoms. The second-order valence-corrected chi connectivity index (χ2v) is 8.57. The maximum Gasteiger partial charge on any atom is 0.295 e. The molecule has 7 heteroatoms. The fraction of sp³-hybridized carbons (Fsp3) is 0.385. The molecule has 2 atom stereocenters. The normalized spacial score (nSPS) is 21.5. The van der Waals surface area contributed by atoms with Gasteiger partial charge in [-0.1, -0.05) is 26.0 Å². The second kappa shape index (κ2) is 9.27. The van der Waals surface area contributed by atoms with E-state index in [4.69, 9.17) is 4.74 Å². The van der Waals surface area contributed by atoms with Crippen molar-refractivity contribution < 1.29 is 24.5 Å². The molecule has 4 rings (SSSR count). The van der Waals surface area contributed by atoms with Gasteiger partial charge in [0.2, 0.25) is 0 Å². The highest BCUT2D eigenvalue weighted by atomic mass is 16.5. The minimum absolute atomic E-state index is 0.0556. The summed E-state index contributed by atoms with van der Waals surface area (Å²) in [5.41, 5.74) is 2.17. The molecule has 1 saturated heterocycles. The molecule has 0 radical (unpaired) electrons. The Bertz CT molecular complexity index is 1090. The summed E-state index contributed by atoms with van der Waals surface area (Å²) in [6.45, 7) is 8.71. The molecule has 0 aromatic heterocycles. The highest BCUT2D eigenvalue weighted by molar-refractivity contribution is 6.46. The van der Waals surface area contributed by atoms with Crippen molar-refractivity contribution in [3.63, 3.8) is 0 Å². The maximum atomic E-state index is 13.2. The van der Waals surface area contributed by atoms with Crippen molar-refractivity contribution in [3.8, 4) is 11.5 Å². The molecule has 0 saturated carbocycles. The lowest BCUT2D eigenvalue weighted by atomic mass is 9.94. The van der Waals surface area contributed by atoms with Gasteiger partial charge < -0.3 is 24.7 Å². The van der Waals surface area contributed by atoms with E-state index in [-0.39, 0.29) is 23.2 Å². The van der Waals surface area contributed by atoms with Crippen molar-refractivity contribution in [2.75, 3.05) is 26.2 Å². The summed E-state index contributed by atoms with van der Waals surface area (Å²) < 4.78 is 5.74. The number of phenols is 1. The van der Waals surface area contributed by atoms with E-state index in [1.165, 1.54) is 17.0 Å². The van der Waals surface area contributed by atoms with E-state index in [2.05, 4.69) is 4.90 Å². The minimum Gasteiger partial charge on any atom is -0.508 e. The van der Waals surface area contributed by atoms with Crippen LogP contribution in [-0.2, 0) is 16.0 Å². The summed E-state index contributed by atoms with van der Waals surface area (Å²) >= 11 is 0. The Labute approximate surface area is 193 Å². The van der Waals surface area contributed by atoms with Crippen LogP contribution in [0.4, 0.5) is 0 Å². The van der Waals surface area contributed by atoms with Gasteiger partial charge in [-0.05, 0) is 61.5 Å². The van der Waals surface area contributed by atoms with Crippen LogP contribution in [0.5, 0.6) is 11.5 Å². The highest BCUT2D eigenvalue weighted by Crippen LogP contribution is 2.40. The Morgan fingerprint density at radius 1 is 1.12 bits per heavy atom. The number of fused-ring (bicyclic) bond motifs is 1. The van der Waals surface area contributed by atoms with Crippen LogP contribution >= 0.6 is 0 Å². The molecule has 2 aromatic carbocycles. The van der Waals surface area contributed by atoms with Gasteiger partial charge in [-0.2, -0.15) is 0 Å². The zero-order valence-corrected chi connectivity index (χ0v) is 19.2. The topological polar surface area (TPSA) is 90.3 Å². The number of hydrogen-bond donors (Lipinski definition) is 2. The molecule has 2 heterocycles. The number of likely N-dealkylation sites (tertiary alicyclic amines) is 1. The van der Waals surface area contributed by atoms with Gasteiger partial charge in [-0.15, -0.1) is 0 Å². The largest absolute Gasteiger partial charge is 0.508 e. The fourth-order valence-corrected chi connectivity index (χ4v) is 4.63. The molecular weight excluding hydrogens is 420 g/mol. The molecule has 2 aromatic rings. The van der Waals surface area contributed by atoms with Gasteiger partial charge in [0.25, 0.3) is 11.7 Å². The Kier molecular flexibility index (Phi) is 6.42. The van der Waals surface area contributed by atoms with Crippen molar-refractivity contribution in [2.45, 2.75) is 39.3 Å². The number of Topliss-reactive ketones (excluding diaryl/α,β-unsaturated/α-hetero) is 1. The Balaban J connectivity index is 1.77. The van der Waals surface area contributed by atoms with Gasteiger partial charge in [-0.25, -0.2) is 0 Å². The molecular formula is C26H30N2O5. The lowest BCUT2D eigenvalue weighted by molar-refractivity contribution is -0.140. The standard InChI is InChI=1S/C26H30N2O5/c1-4-27(5-2)12-13-28-23(17-6-9-20(29)10-7-17)22(25(31)26(28)32)24(30)18-8-11-21-19(15-18)14-16(3)33-21/h6-11,15-16,23,29-30H,4-5,12-14H2,1-3H3/b24-22-. The molecule has 2 aliphatic heterocycles. The van der Waals surface area contributed by atoms with Crippen LogP contribution in [0.1, 0.15) is 43.5 Å². The van der Waals surface area contributed by atoms with Crippen LogP contribution < -0.4 is 4.74 Å². The highest BCUT2D eigenvalue weighted by Gasteiger charge is 2.46. The Hall–Kier alpha value is -3.32. The van der Waals surface area contributed by atoms with Crippen molar-refractivity contribution in [2.24, 2.45) is 0 Å². The number of ether oxygens (including phenoxy) is 1. The van der Waals surface area contributed by atoms with E-state index in [1.54, 1.807) is 24.3 Å². The van der Waals surface area contributed by atoms with Gasteiger partial charge in [0.05, 0.1) is 11.6 Å². The maximum absolute atomic E-state index is 13.2. The first-order chi connectivity index (χ1) is 15.8. The predicted molar refractivity (Wildman–Crippen MR) is 125 cm³/mol. The average Bonchev–Trinajstić information content (AvgIpc) is 3.30. The lowest BCUT2D eigenvalue weighted by Gasteiger charge is -2.28. The number of carbonyl (C=O) groups excluding carboxylic acids is 2. The summed E-state index contributed by atoms with van der Waals surface area (Å²) in [6, 6.07) is 11.0. The molecule has 2 aliphatic rings. The summed E-state index contributed by atoms with van der Waals surface area (Å²) in [5.74, 6) is -0.658. The smallest absolute Gasteiger partial charge is 0.295 e. The molecule has 174 valence electrons. The molecule has 2 N–H and O–H groups in total. The Morgan fingerprint density at radius 2 is 1.82 bits per heavy atom. The van der Waals surface area contributed by atoms with Crippen molar-refractivity contribution >= 4 is 17.4 Å². The second-order valence-electron chi connectivity index (χ2n) is 8.57. The SMILES string of the molecule is CCN(CC)CCN1C(=O)C(=O)/C(=C(\O)c2ccc3c(c2)CC(C)O3)C1c1ccc(O)cc1. The van der Waals surface area contributed by atoms with Crippen LogP contribution in [0.3, 0.4) is 0 Å². The zero-order chi connectivity index (χ0) is 23.7. The number of aromatic hydroxyl groups is 1. The minimum atomic E-state index is -0.732. The first-order valence-electron chi connectivity index (χ1n) is 11.4. The van der Waals surface area contributed by atoms with Gasteiger partial charge >= 0.3 is 0 Å². The number of nitrogens with zero attached hydrogens (tertiary/aromatic N) is 2. The number of amides is 1. The molecule has 1 fully saturated rings. The molecule has 1 amide bonds. The number of benzene rings is 2. The number of likely N-dealkylation sites (N-methyl/N-ethyl adjacent to an activating group) is 1. The van der Waals surface area contributed by atoms with Gasteiger partial charge in [0, 0.05) is 25.1 Å². The number of ketones is 1. The number of rotatable bonds is 7. The first-order valence-corrected chi connectivity index (χ1v) is 11.4. The molecule has 33 heavy (non-hydrogen) atoms. The van der Waals surface area contributed by atoms with E-state index in [1.807, 2.05) is 26.8 Å². The van der Waals surface area contributed by atoms with E-state index in [0.717, 1.165) is 30.8 Å². The summed E-state index contributed by atoms with van der Waals surface area (Å²) in [7, 11) is 0. The molecule has 0 aliphatic carbocycles. The van der Waals surface area contributed by atoms with Crippen molar-refractivity contribution in [1.29, 1.82) is 0 Å². The number of aliphatic hydroxyl groups is 1. The van der Waals surface area contributed by atoms with E-state index in [0.29, 0.717) is 24.2 Å². The van der Waals surface area contributed by atoms with Crippen molar-refractivity contribution in [3.05, 3.63) is 64.7 Å². The van der Waals surface area contributed by atoms with E-state index < -0.39 is 17.7 Å². The van der Waals surface area contributed by atoms with Gasteiger partial charge in [0.1, 0.15) is 23.4 Å². The third-order valence-corrected chi connectivity index (χ3v) is 6.47. The van der Waals surface area contributed by atoms with Crippen molar-refractivity contribution in [1.82, 2.24) is 9.80 Å². The average molecular weight is 451 g/mol. The van der Waals surface area contributed by atoms with Crippen LogP contribution in [-0.4, -0.2) is 64.0 Å². The third-order valence-electron chi connectivity index (χ3n) is 6.47. The Morgan fingerprint density at radius 3 is 2.48 bits per heavy atom. The number of carbonyl (C=O) groups is 2. The summed E-state index contributed by atoms with van der Waals surface area (Å²) in [6.07, 6.45) is 0.774. The van der Waals surface area contributed by atoms with Crippen LogP contribution in [0.25, 0.3) is 5.76 Å². The third kappa shape index (κ3) is 4.33. The first kappa shape index (κ1) is 22.9. The lowest BCUT2D eigenvalue weighted by Crippen LogP contribution is -2.38. The van der Waals surface area contributed by atoms with Crippen LogP contribution in [0.15, 0.2) is 48.0 Å². The molecule has 7 nitrogen and oxygen atoms in total. The zero-order valence-electron chi connectivity index (χ0n) is 19.2. The number of hydrogen-bond acceptors (Lipinski definition) is 6. The summed E-state index contributed by atoms with van der Waals surface area (Å²) in [5, 5.41) is 21.0. The van der Waals surface area contributed by atoms with Crippen LogP contribution in [0.2, 0.25) is 0 Å². The molecule has 0 spiro atoms. The van der Waals surface area contributed by atoms with Gasteiger partial charge in [0.15, 0.2) is 0 Å². The predicted octanol–water partition coefficient (Wildman–Crippen LogP) is 3.48. The van der Waals surface area contributed by atoms with Crippen LogP contribution in [0, 0.1) is 0 Å². The van der Waals surface area contributed by atoms with Gasteiger partial charge in [-0.3, -0.25) is 9.59 Å².